The van der Waals surface area contributed by atoms with Gasteiger partial charge in [-0.1, -0.05) is 46.3 Å². The van der Waals surface area contributed by atoms with Gasteiger partial charge in [0.1, 0.15) is 0 Å². The summed E-state index contributed by atoms with van der Waals surface area (Å²) >= 11 is 3.47. The van der Waals surface area contributed by atoms with E-state index in [-0.39, 0.29) is 12.5 Å². The fraction of sp³-hybridized carbons (Fsp3) is 0.355. The summed E-state index contributed by atoms with van der Waals surface area (Å²) in [5, 5.41) is 3.10. The minimum atomic E-state index is -4.41. The van der Waals surface area contributed by atoms with Crippen LogP contribution in [0, 0.1) is 0 Å². The number of nitrogens with one attached hydrogen (secondary N) is 1. The second-order valence-electron chi connectivity index (χ2n) is 10.5. The highest BCUT2D eigenvalue weighted by atomic mass is 79.9. The lowest BCUT2D eigenvalue weighted by Crippen LogP contribution is -2.45. The predicted molar refractivity (Wildman–Crippen MR) is 158 cm³/mol. The number of fused-ring (bicyclic) bond motifs is 1. The van der Waals surface area contributed by atoms with Gasteiger partial charge in [-0.05, 0) is 71.0 Å². The smallest absolute Gasteiger partial charge is 0.378 e. The van der Waals surface area contributed by atoms with Crippen molar-refractivity contribution in [2.24, 2.45) is 5.73 Å². The number of carbonyl (C=O) groups excluding carboxylic acids is 2. The average molecular weight is 646 g/mol. The standard InChI is InChI=1S/C31H32BrF3N4O3/c32-23-3-1-2-21(18-23)27(9-11-29(36)40)37-30(41)39-13-12-25-24(20-4-6-22(7-5-20)31(33,34)35)8-10-28(26(25)19-39)38-14-16-42-17-15-38/h1-8,10,18,27H,9,11-17,19H2,(H2,36,40)(H,37,41)/t27-/m0/s1. The third kappa shape index (κ3) is 6.90. The van der Waals surface area contributed by atoms with E-state index in [9.17, 15) is 22.8 Å². The van der Waals surface area contributed by atoms with E-state index in [1.165, 1.54) is 12.1 Å². The van der Waals surface area contributed by atoms with Gasteiger partial charge in [0.2, 0.25) is 5.91 Å². The molecule has 1 atom stereocenters. The number of urea groups is 1. The Labute approximate surface area is 250 Å². The Hall–Kier alpha value is -3.57. The molecule has 3 N–H and O–H groups in total. The van der Waals surface area contributed by atoms with E-state index in [1.807, 2.05) is 36.4 Å². The molecular weight excluding hydrogens is 613 g/mol. The van der Waals surface area contributed by atoms with Gasteiger partial charge < -0.3 is 25.6 Å². The molecule has 2 aliphatic rings. The van der Waals surface area contributed by atoms with Gasteiger partial charge in [0.05, 0.1) is 24.8 Å². The van der Waals surface area contributed by atoms with Crippen LogP contribution in [0.1, 0.15) is 41.1 Å². The summed E-state index contributed by atoms with van der Waals surface area (Å²) in [6.07, 6.45) is -3.38. The molecule has 5 rings (SSSR count). The average Bonchev–Trinajstić information content (AvgIpc) is 2.98. The second-order valence-corrected chi connectivity index (χ2v) is 11.4. The maximum atomic E-state index is 13.6. The molecule has 1 saturated heterocycles. The van der Waals surface area contributed by atoms with Crippen molar-refractivity contribution in [1.82, 2.24) is 10.2 Å². The number of anilines is 1. The van der Waals surface area contributed by atoms with E-state index in [4.69, 9.17) is 10.5 Å². The molecule has 0 bridgehead atoms. The summed E-state index contributed by atoms with van der Waals surface area (Å²) < 4.78 is 46.0. The number of hydrogen-bond acceptors (Lipinski definition) is 4. The first-order chi connectivity index (χ1) is 20.1. The van der Waals surface area contributed by atoms with Crippen LogP contribution in [0.25, 0.3) is 11.1 Å². The Bertz CT molecular complexity index is 1440. The number of primary amides is 1. The highest BCUT2D eigenvalue weighted by molar-refractivity contribution is 9.10. The Balaban J connectivity index is 1.44. The molecule has 0 radical (unpaired) electrons. The van der Waals surface area contributed by atoms with Crippen molar-refractivity contribution in [1.29, 1.82) is 0 Å². The quantitative estimate of drug-likeness (QED) is 0.328. The van der Waals surface area contributed by atoms with Crippen LogP contribution in [0.3, 0.4) is 0 Å². The summed E-state index contributed by atoms with van der Waals surface area (Å²) in [5.74, 6) is -0.443. The summed E-state index contributed by atoms with van der Waals surface area (Å²) in [4.78, 5) is 29.2. The molecule has 11 heteroatoms. The van der Waals surface area contributed by atoms with Gasteiger partial charge in [-0.2, -0.15) is 13.2 Å². The minimum absolute atomic E-state index is 0.123. The van der Waals surface area contributed by atoms with Crippen LogP contribution in [0.15, 0.2) is 65.1 Å². The van der Waals surface area contributed by atoms with Gasteiger partial charge in [0.15, 0.2) is 0 Å². The molecule has 7 nitrogen and oxygen atoms in total. The van der Waals surface area contributed by atoms with Crippen LogP contribution in [0.5, 0.6) is 0 Å². The van der Waals surface area contributed by atoms with Gasteiger partial charge in [-0.15, -0.1) is 0 Å². The molecule has 3 aromatic carbocycles. The molecule has 222 valence electrons. The Kier molecular flexibility index (Phi) is 9.08. The normalized spacial score (nSPS) is 16.1. The molecule has 42 heavy (non-hydrogen) atoms. The van der Waals surface area contributed by atoms with Crippen molar-refractivity contribution in [3.05, 3.63) is 87.4 Å². The number of halogens is 4. The Morgan fingerprint density at radius 2 is 1.74 bits per heavy atom. The maximum absolute atomic E-state index is 13.6. The highest BCUT2D eigenvalue weighted by Crippen LogP contribution is 2.38. The van der Waals surface area contributed by atoms with Crippen molar-refractivity contribution in [2.75, 3.05) is 37.7 Å². The monoisotopic (exact) mass is 644 g/mol. The van der Waals surface area contributed by atoms with Gasteiger partial charge in [0, 0.05) is 42.8 Å². The second kappa shape index (κ2) is 12.7. The first-order valence-electron chi connectivity index (χ1n) is 13.8. The molecule has 2 aliphatic heterocycles. The topological polar surface area (TPSA) is 87.9 Å². The third-order valence-electron chi connectivity index (χ3n) is 7.78. The summed E-state index contributed by atoms with van der Waals surface area (Å²) in [6, 6.07) is 16.1. The van der Waals surface area contributed by atoms with Crippen molar-refractivity contribution in [3.63, 3.8) is 0 Å². The van der Waals surface area contributed by atoms with Crippen molar-refractivity contribution >= 4 is 33.6 Å². The van der Waals surface area contributed by atoms with Gasteiger partial charge in [-0.3, -0.25) is 4.79 Å². The molecule has 0 spiro atoms. The molecule has 0 aromatic heterocycles. The van der Waals surface area contributed by atoms with E-state index in [1.54, 1.807) is 4.90 Å². The molecule has 0 aliphatic carbocycles. The highest BCUT2D eigenvalue weighted by Gasteiger charge is 2.31. The van der Waals surface area contributed by atoms with Gasteiger partial charge in [0.25, 0.3) is 0 Å². The zero-order valence-electron chi connectivity index (χ0n) is 22.9. The predicted octanol–water partition coefficient (Wildman–Crippen LogP) is 6.05. The number of rotatable bonds is 7. The number of benzene rings is 3. The number of ether oxygens (including phenoxy) is 1. The van der Waals surface area contributed by atoms with Crippen molar-refractivity contribution in [3.8, 4) is 11.1 Å². The number of morpholine rings is 1. The van der Waals surface area contributed by atoms with E-state index < -0.39 is 23.7 Å². The number of amides is 3. The lowest BCUT2D eigenvalue weighted by atomic mass is 9.88. The fourth-order valence-corrected chi connectivity index (χ4v) is 6.03. The first-order valence-corrected chi connectivity index (χ1v) is 14.6. The lowest BCUT2D eigenvalue weighted by molar-refractivity contribution is -0.137. The van der Waals surface area contributed by atoms with Gasteiger partial charge >= 0.3 is 12.2 Å². The molecular formula is C31H32BrF3N4O3. The number of carbonyl (C=O) groups is 2. The van der Waals surface area contributed by atoms with Crippen LogP contribution in [-0.2, 0) is 28.7 Å². The summed E-state index contributed by atoms with van der Waals surface area (Å²) in [5.41, 5.74) is 10.2. The van der Waals surface area contributed by atoms with Crippen LogP contribution in [-0.4, -0.2) is 49.7 Å². The van der Waals surface area contributed by atoms with Crippen LogP contribution >= 0.6 is 15.9 Å². The lowest BCUT2D eigenvalue weighted by Gasteiger charge is -2.37. The molecule has 0 unspecified atom stereocenters. The van der Waals surface area contributed by atoms with E-state index >= 15 is 0 Å². The maximum Gasteiger partial charge on any atom is 0.416 e. The van der Waals surface area contributed by atoms with E-state index in [2.05, 4.69) is 26.1 Å². The van der Waals surface area contributed by atoms with Crippen LogP contribution in [0.2, 0.25) is 0 Å². The largest absolute Gasteiger partial charge is 0.416 e. The van der Waals surface area contributed by atoms with Crippen LogP contribution in [0.4, 0.5) is 23.7 Å². The Morgan fingerprint density at radius 3 is 2.40 bits per heavy atom. The van der Waals surface area contributed by atoms with E-state index in [0.29, 0.717) is 57.8 Å². The molecule has 3 amide bonds. The number of hydrogen-bond donors (Lipinski definition) is 2. The number of nitrogens with two attached hydrogens (primary N) is 1. The van der Waals surface area contributed by atoms with Crippen molar-refractivity contribution in [2.45, 2.75) is 38.0 Å². The fourth-order valence-electron chi connectivity index (χ4n) is 5.61. The third-order valence-corrected chi connectivity index (χ3v) is 8.27. The van der Waals surface area contributed by atoms with E-state index in [0.717, 1.165) is 44.5 Å². The number of nitrogens with zero attached hydrogens (tertiary/aromatic N) is 2. The summed E-state index contributed by atoms with van der Waals surface area (Å²) in [6.45, 7) is 3.36. The van der Waals surface area contributed by atoms with Gasteiger partial charge in [-0.25, -0.2) is 4.79 Å². The van der Waals surface area contributed by atoms with Crippen molar-refractivity contribution < 1.29 is 27.5 Å². The molecule has 2 heterocycles. The molecule has 1 fully saturated rings. The number of alkyl halides is 3. The summed E-state index contributed by atoms with van der Waals surface area (Å²) in [7, 11) is 0. The zero-order chi connectivity index (χ0) is 29.9. The SMILES string of the molecule is NC(=O)CC[C@H](NC(=O)N1CCc2c(-c3ccc(C(F)(F)F)cc3)ccc(N3CCOCC3)c2C1)c1cccc(Br)c1. The van der Waals surface area contributed by atoms with Crippen LogP contribution < -0.4 is 16.0 Å². The molecule has 3 aromatic rings. The minimum Gasteiger partial charge on any atom is -0.378 e. The zero-order valence-corrected chi connectivity index (χ0v) is 24.5. The Morgan fingerprint density at radius 1 is 1.00 bits per heavy atom. The first kappa shape index (κ1) is 29.9. The molecule has 0 saturated carbocycles.